The molecule has 29 heteroatoms. The number of carbonyl (C=O) groups is 9. The summed E-state index contributed by atoms with van der Waals surface area (Å²) in [4.78, 5) is 135. The molecule has 0 saturated carbocycles. The number of benzene rings is 5. The first-order chi connectivity index (χ1) is 49.2. The van der Waals surface area contributed by atoms with Crippen LogP contribution in [0.5, 0.6) is 46.0 Å². The van der Waals surface area contributed by atoms with Gasteiger partial charge in [-0.15, -0.1) is 0 Å². The molecule has 11 bridgehead atoms. The van der Waals surface area contributed by atoms with Gasteiger partial charge in [-0.25, -0.2) is 0 Å². The van der Waals surface area contributed by atoms with E-state index in [0.717, 1.165) is 55.7 Å². The van der Waals surface area contributed by atoms with E-state index in [4.69, 9.17) is 42.1 Å². The Labute approximate surface area is 609 Å². The van der Waals surface area contributed by atoms with Crippen molar-refractivity contribution in [1.82, 2.24) is 26.6 Å². The third-order valence-corrected chi connectivity index (χ3v) is 19.4. The number of rotatable bonds is 18. The predicted octanol–water partition coefficient (Wildman–Crippen LogP) is 7.72. The molecule has 1 saturated heterocycles. The topological polar surface area (TPSA) is 433 Å². The highest BCUT2D eigenvalue weighted by Crippen LogP contribution is 2.50. The van der Waals surface area contributed by atoms with Crippen LogP contribution in [0.3, 0.4) is 0 Å². The molecule has 11 rings (SSSR count). The van der Waals surface area contributed by atoms with Crippen molar-refractivity contribution in [2.24, 2.45) is 23.2 Å². The van der Waals surface area contributed by atoms with Gasteiger partial charge in [0.1, 0.15) is 89.5 Å². The maximum Gasteiger partial charge on any atom is 0.246 e. The van der Waals surface area contributed by atoms with E-state index < -0.39 is 203 Å². The number of aromatic hydroxyl groups is 3. The van der Waals surface area contributed by atoms with Crippen molar-refractivity contribution < 1.29 is 108 Å². The number of phenolic OH excluding ortho intramolecular Hbond substituents is 3. The standard InChI is InChI=1S/C75H89Cl2N5O22/c1-8-10-11-12-13-14-57(90)78-58(91)28-40-25-49(87)62(81-70(97)35(9-2)21-34(3)4)64(92)37-16-19-52(45(76)23-37)101-54-26-39-27-55(69(54)104-74-68(96)67(95)66(94)56(33-83)103-74)102-53-20-17-38(24-46(53)77)65(93)63-73(100)80-61(51(89)32-75(5,6)7)44-29-41(84)30-48(86)59(44)43-22-36(15-18-47(43)85)42(72(99)82-63)31-50(88)60(39)79-71(40)98/h15-20,22-24,26-27,29-30,34-35,40,42,56,60-68,74,83-86,92-96H,8-14,21,25,28,31-33H2,1-7H3,(H,79,98)(H,80,100)(H,81,97)(H,82,99)(H,78,90,91)/t35-,40+,42-,56-,60-,61+,62+,63+,64-,65-,66-,67+,68-,74+/m1/s1. The zero-order chi connectivity index (χ0) is 75.9. The lowest BCUT2D eigenvalue weighted by atomic mass is 9.82. The molecule has 6 amide bonds. The molecule has 6 heterocycles. The summed E-state index contributed by atoms with van der Waals surface area (Å²) in [5, 5.41) is 116. The van der Waals surface area contributed by atoms with Crippen LogP contribution < -0.4 is 40.8 Å². The molecule has 6 aliphatic rings. The van der Waals surface area contributed by atoms with Gasteiger partial charge in [0.25, 0.3) is 0 Å². The molecule has 5 aromatic carbocycles. The summed E-state index contributed by atoms with van der Waals surface area (Å²) in [7, 11) is 0. The van der Waals surface area contributed by atoms with Crippen LogP contribution in [0, 0.1) is 23.2 Å². The smallest absolute Gasteiger partial charge is 0.246 e. The van der Waals surface area contributed by atoms with E-state index >= 15 is 24.0 Å². The van der Waals surface area contributed by atoms with Crippen LogP contribution >= 0.6 is 23.2 Å². The van der Waals surface area contributed by atoms with Crippen LogP contribution in [0.2, 0.25) is 10.0 Å². The molecule has 14 atom stereocenters. The third-order valence-electron chi connectivity index (χ3n) is 18.8. The number of fused-ring (bicyclic) bond motifs is 15. The van der Waals surface area contributed by atoms with Gasteiger partial charge in [0, 0.05) is 55.2 Å². The Morgan fingerprint density at radius 2 is 1.30 bits per heavy atom. The molecule has 0 aromatic heterocycles. The first kappa shape index (κ1) is 79.3. The molecule has 0 aliphatic carbocycles. The van der Waals surface area contributed by atoms with Gasteiger partial charge in [-0.05, 0) is 113 Å². The Hall–Kier alpha value is -8.77. The lowest BCUT2D eigenvalue weighted by molar-refractivity contribution is -0.277. The second-order valence-electron chi connectivity index (χ2n) is 28.6. The van der Waals surface area contributed by atoms with Crippen LogP contribution in [0.4, 0.5) is 0 Å². The second kappa shape index (κ2) is 34.0. The fourth-order valence-electron chi connectivity index (χ4n) is 13.3. The molecule has 6 aliphatic heterocycles. The number of nitrogens with one attached hydrogen (secondary N) is 5. The van der Waals surface area contributed by atoms with Gasteiger partial charge >= 0.3 is 0 Å². The maximum atomic E-state index is 16.3. The Morgan fingerprint density at radius 3 is 1.90 bits per heavy atom. The van der Waals surface area contributed by atoms with Crippen LogP contribution in [0.25, 0.3) is 11.1 Å². The molecule has 5 aromatic rings. The average molecular weight is 1480 g/mol. The number of halogens is 2. The molecule has 27 nitrogen and oxygen atoms in total. The predicted molar refractivity (Wildman–Crippen MR) is 375 cm³/mol. The fraction of sp³-hybridized carbons (Fsp3) is 0.480. The number of carbonyl (C=O) groups excluding carboxylic acids is 9. The van der Waals surface area contributed by atoms with Gasteiger partial charge in [0.05, 0.1) is 28.5 Å². The Kier molecular flexibility index (Phi) is 25.9. The average Bonchev–Trinajstić information content (AvgIpc) is 0.768. The van der Waals surface area contributed by atoms with E-state index in [2.05, 4.69) is 26.6 Å². The maximum absolute atomic E-state index is 16.3. The van der Waals surface area contributed by atoms with Crippen molar-refractivity contribution in [3.63, 3.8) is 0 Å². The molecule has 0 radical (unpaired) electrons. The SMILES string of the molecule is CCCCCCCC(=O)NC(=O)C[C@@H]1CC(=O)[C@H](NC(=O)[C@H](CC)CC(C)C)[C@H](O)c2ccc(c(Cl)c2)Oc2cc3cc(c2O[C@@H]2O[C@H](CO)[C@@H](O)[C@H](O)[C@H]2O)Oc2ccc(cc2Cl)[C@@H](O)[C@@H]2NC(=O)[C@H](CC(=O)[C@@H]3NC1=O)c1ccc(O)c(c1)-c1c(O)cc(O)cc1[C@@H](C(=O)CC(C)(C)C)NC2=O. The Balaban J connectivity index is 1.32. The van der Waals surface area contributed by atoms with Crippen LogP contribution in [-0.4, -0.2) is 148 Å². The third kappa shape index (κ3) is 18.6. The zero-order valence-corrected chi connectivity index (χ0v) is 60.0. The largest absolute Gasteiger partial charge is 0.508 e. The lowest BCUT2D eigenvalue weighted by Gasteiger charge is -2.39. The van der Waals surface area contributed by atoms with Gasteiger partial charge in [-0.2, -0.15) is 0 Å². The molecule has 560 valence electrons. The summed E-state index contributed by atoms with van der Waals surface area (Å²) in [6.07, 6.45) is -12.9. The Morgan fingerprint density at radius 1 is 0.663 bits per heavy atom. The number of imide groups is 1. The molecule has 1 fully saturated rings. The van der Waals surface area contributed by atoms with Crippen molar-refractivity contribution in [3.05, 3.63) is 117 Å². The van der Waals surface area contributed by atoms with Gasteiger partial charge in [-0.1, -0.05) is 116 Å². The number of hydrogen-bond acceptors (Lipinski definition) is 22. The molecule has 0 spiro atoms. The van der Waals surface area contributed by atoms with Crippen molar-refractivity contribution in [2.75, 3.05) is 6.61 Å². The summed E-state index contributed by atoms with van der Waals surface area (Å²) < 4.78 is 25.4. The van der Waals surface area contributed by atoms with Gasteiger partial charge in [0.2, 0.25) is 47.5 Å². The number of aliphatic hydroxyl groups excluding tert-OH is 6. The molecular formula is C75H89Cl2N5O22. The number of hydrogen-bond donors (Lipinski definition) is 14. The number of unbranched alkanes of at least 4 members (excludes halogenated alkanes) is 4. The first-order valence-corrected chi connectivity index (χ1v) is 35.4. The lowest BCUT2D eigenvalue weighted by Crippen LogP contribution is -2.60. The number of Topliss-reactive ketones (excluding diaryl/α,β-unsaturated/α-hetero) is 3. The summed E-state index contributed by atoms with van der Waals surface area (Å²) in [6, 6.07) is 6.86. The quantitative estimate of drug-likeness (QED) is 0.0373. The Bertz CT molecular complexity index is 4090. The summed E-state index contributed by atoms with van der Waals surface area (Å²) in [6.45, 7) is 11.8. The minimum Gasteiger partial charge on any atom is -0.508 e. The zero-order valence-electron chi connectivity index (χ0n) is 58.4. The van der Waals surface area contributed by atoms with Crippen LogP contribution in [-0.2, 0) is 47.9 Å². The molecule has 14 N–H and O–H groups in total. The highest BCUT2D eigenvalue weighted by Gasteiger charge is 2.47. The highest BCUT2D eigenvalue weighted by molar-refractivity contribution is 6.32. The number of ketones is 3. The minimum atomic E-state index is -2.18. The fourth-order valence-corrected chi connectivity index (χ4v) is 13.7. The van der Waals surface area contributed by atoms with E-state index in [1.807, 2.05) is 20.8 Å². The van der Waals surface area contributed by atoms with E-state index in [-0.39, 0.29) is 85.7 Å². The number of aliphatic hydroxyl groups is 6. The van der Waals surface area contributed by atoms with Crippen molar-refractivity contribution in [1.29, 1.82) is 0 Å². The van der Waals surface area contributed by atoms with Crippen LogP contribution in [0.1, 0.15) is 184 Å². The molecule has 0 unspecified atom stereocenters. The van der Waals surface area contributed by atoms with E-state index in [1.165, 1.54) is 42.5 Å². The van der Waals surface area contributed by atoms with Gasteiger partial charge in [0.15, 0.2) is 28.8 Å². The van der Waals surface area contributed by atoms with Gasteiger partial charge in [-0.3, -0.25) is 48.5 Å². The first-order valence-electron chi connectivity index (χ1n) is 34.7. The number of ether oxygens (including phenoxy) is 4. The van der Waals surface area contributed by atoms with E-state index in [0.29, 0.717) is 19.3 Å². The van der Waals surface area contributed by atoms with Gasteiger partial charge < -0.3 is 86.2 Å². The number of amides is 6. The van der Waals surface area contributed by atoms with Crippen molar-refractivity contribution in [3.8, 4) is 57.1 Å². The van der Waals surface area contributed by atoms with Crippen molar-refractivity contribution in [2.45, 2.75) is 199 Å². The highest BCUT2D eigenvalue weighted by atomic mass is 35.5. The normalized spacial score (nSPS) is 24.7. The number of phenols is 3. The van der Waals surface area contributed by atoms with E-state index in [9.17, 15) is 65.1 Å². The molecule has 104 heavy (non-hydrogen) atoms. The summed E-state index contributed by atoms with van der Waals surface area (Å²) in [5.74, 6) is -17.9. The van der Waals surface area contributed by atoms with E-state index in [1.54, 1.807) is 27.7 Å². The summed E-state index contributed by atoms with van der Waals surface area (Å²) in [5.41, 5.74) is -2.48. The monoisotopic (exact) mass is 1480 g/mol. The second-order valence-corrected chi connectivity index (χ2v) is 29.4. The minimum absolute atomic E-state index is 0.0198. The molecular weight excluding hydrogens is 1390 g/mol. The summed E-state index contributed by atoms with van der Waals surface area (Å²) >= 11 is 14.2. The van der Waals surface area contributed by atoms with Crippen molar-refractivity contribution >= 4 is 76.0 Å². The van der Waals surface area contributed by atoms with Crippen LogP contribution in [0.15, 0.2) is 78.9 Å².